The fourth-order valence-corrected chi connectivity index (χ4v) is 5.07. The second-order valence-corrected chi connectivity index (χ2v) is 9.09. The second-order valence-electron chi connectivity index (χ2n) is 7.95. The van der Waals surface area contributed by atoms with E-state index >= 15 is 0 Å². The Morgan fingerprint density at radius 1 is 1.18 bits per heavy atom. The number of carbonyl (C=O) groups is 1. The Morgan fingerprint density at radius 2 is 1.93 bits per heavy atom. The van der Waals surface area contributed by atoms with Crippen molar-refractivity contribution in [2.75, 3.05) is 32.9 Å². The van der Waals surface area contributed by atoms with Gasteiger partial charge in [0.1, 0.15) is 0 Å². The Hall–Kier alpha value is -1.69. The number of guanidine groups is 1. The van der Waals surface area contributed by atoms with Gasteiger partial charge in [-0.15, -0.1) is 0 Å². The lowest BCUT2D eigenvalue weighted by atomic mass is 9.90. The van der Waals surface area contributed by atoms with Crippen molar-refractivity contribution >= 4 is 23.6 Å². The molecule has 3 rings (SSSR count). The van der Waals surface area contributed by atoms with Gasteiger partial charge in [-0.05, 0) is 56.3 Å². The van der Waals surface area contributed by atoms with Crippen LogP contribution in [0.3, 0.4) is 0 Å². The van der Waals surface area contributed by atoms with Crippen LogP contribution in [-0.2, 0) is 11.2 Å². The molecule has 0 radical (unpaired) electrons. The minimum Gasteiger partial charge on any atom is -0.354 e. The topological polar surface area (TPSA) is 56.7 Å². The third-order valence-electron chi connectivity index (χ3n) is 6.02. The van der Waals surface area contributed by atoms with Gasteiger partial charge in [0.25, 0.3) is 0 Å². The first-order chi connectivity index (χ1) is 13.7. The summed E-state index contributed by atoms with van der Waals surface area (Å²) in [6, 6.07) is 11.1. The molecule has 2 unspecified atom stereocenters. The van der Waals surface area contributed by atoms with E-state index in [0.717, 1.165) is 43.6 Å². The lowest BCUT2D eigenvalue weighted by Gasteiger charge is -2.32. The zero-order chi connectivity index (χ0) is 19.8. The van der Waals surface area contributed by atoms with Gasteiger partial charge >= 0.3 is 0 Å². The third-order valence-corrected chi connectivity index (χ3v) is 7.12. The van der Waals surface area contributed by atoms with E-state index in [1.54, 1.807) is 7.05 Å². The molecule has 2 fully saturated rings. The summed E-state index contributed by atoms with van der Waals surface area (Å²) in [5.74, 6) is 1.61. The Bertz CT molecular complexity index is 643. The van der Waals surface area contributed by atoms with Crippen LogP contribution >= 0.6 is 11.8 Å². The molecular formula is C22H34N4OS. The van der Waals surface area contributed by atoms with Crippen LogP contribution in [0.15, 0.2) is 35.3 Å². The van der Waals surface area contributed by atoms with Crippen LogP contribution in [0.1, 0.15) is 37.7 Å². The highest BCUT2D eigenvalue weighted by Gasteiger charge is 2.25. The van der Waals surface area contributed by atoms with Crippen molar-refractivity contribution in [3.05, 3.63) is 35.9 Å². The number of benzene rings is 1. The van der Waals surface area contributed by atoms with E-state index in [-0.39, 0.29) is 5.91 Å². The summed E-state index contributed by atoms with van der Waals surface area (Å²) >= 11 is 1.95. The van der Waals surface area contributed by atoms with Crippen LogP contribution < -0.4 is 10.6 Å². The Morgan fingerprint density at radius 3 is 2.57 bits per heavy atom. The van der Waals surface area contributed by atoms with Gasteiger partial charge in [-0.25, -0.2) is 0 Å². The van der Waals surface area contributed by atoms with Crippen LogP contribution in [0.4, 0.5) is 0 Å². The van der Waals surface area contributed by atoms with E-state index in [1.165, 1.54) is 24.8 Å². The van der Waals surface area contributed by atoms with Gasteiger partial charge < -0.3 is 15.5 Å². The summed E-state index contributed by atoms with van der Waals surface area (Å²) in [7, 11) is 1.77. The van der Waals surface area contributed by atoms with Crippen molar-refractivity contribution in [1.29, 1.82) is 0 Å². The number of nitrogens with one attached hydrogen (secondary N) is 2. The van der Waals surface area contributed by atoms with Gasteiger partial charge in [0.15, 0.2) is 5.96 Å². The highest BCUT2D eigenvalue weighted by Crippen LogP contribution is 2.28. The smallest absolute Gasteiger partial charge is 0.241 e. The number of likely N-dealkylation sites (tertiary alicyclic amines) is 1. The lowest BCUT2D eigenvalue weighted by Crippen LogP contribution is -2.48. The van der Waals surface area contributed by atoms with E-state index in [2.05, 4.69) is 52.2 Å². The number of aliphatic imine (C=N–C) groups is 1. The molecule has 1 heterocycles. The zero-order valence-electron chi connectivity index (χ0n) is 17.2. The number of rotatable bonds is 6. The molecule has 1 aliphatic carbocycles. The van der Waals surface area contributed by atoms with Crippen molar-refractivity contribution in [3.63, 3.8) is 0 Å². The molecule has 154 valence electrons. The number of hydrogen-bond acceptors (Lipinski definition) is 3. The zero-order valence-corrected chi connectivity index (χ0v) is 18.0. The molecule has 2 aliphatic rings. The lowest BCUT2D eigenvalue weighted by molar-refractivity contribution is -0.131. The van der Waals surface area contributed by atoms with Crippen molar-refractivity contribution in [2.45, 2.75) is 49.8 Å². The highest BCUT2D eigenvalue weighted by molar-refractivity contribution is 7.99. The largest absolute Gasteiger partial charge is 0.354 e. The van der Waals surface area contributed by atoms with Crippen molar-refractivity contribution in [1.82, 2.24) is 15.5 Å². The highest BCUT2D eigenvalue weighted by atomic mass is 32.2. The molecule has 1 saturated heterocycles. The summed E-state index contributed by atoms with van der Waals surface area (Å²) < 4.78 is 0. The predicted molar refractivity (Wildman–Crippen MR) is 119 cm³/mol. The van der Waals surface area contributed by atoms with E-state index in [0.29, 0.717) is 18.5 Å². The minimum absolute atomic E-state index is 0.175. The summed E-state index contributed by atoms with van der Waals surface area (Å²) in [5, 5.41) is 7.44. The maximum absolute atomic E-state index is 12.6. The van der Waals surface area contributed by atoms with Gasteiger partial charge in [0.2, 0.25) is 5.91 Å². The van der Waals surface area contributed by atoms with Gasteiger partial charge in [0.05, 0.1) is 6.54 Å². The van der Waals surface area contributed by atoms with Gasteiger partial charge in [-0.3, -0.25) is 9.79 Å². The van der Waals surface area contributed by atoms with Crippen LogP contribution in [0.5, 0.6) is 0 Å². The molecular weight excluding hydrogens is 368 g/mol. The van der Waals surface area contributed by atoms with Crippen molar-refractivity contribution < 1.29 is 4.79 Å². The molecule has 1 saturated carbocycles. The van der Waals surface area contributed by atoms with Crippen LogP contribution in [0.25, 0.3) is 0 Å². The van der Waals surface area contributed by atoms with Crippen LogP contribution in [0, 0.1) is 5.92 Å². The first-order valence-electron chi connectivity index (χ1n) is 10.5. The number of amides is 1. The van der Waals surface area contributed by atoms with Crippen LogP contribution in [0.2, 0.25) is 0 Å². The molecule has 0 bridgehead atoms. The van der Waals surface area contributed by atoms with E-state index in [1.807, 2.05) is 16.7 Å². The van der Waals surface area contributed by atoms with Gasteiger partial charge in [-0.2, -0.15) is 11.8 Å². The minimum atomic E-state index is 0.175. The molecule has 28 heavy (non-hydrogen) atoms. The first kappa shape index (κ1) is 21.0. The summed E-state index contributed by atoms with van der Waals surface area (Å²) in [5.41, 5.74) is 1.40. The molecule has 2 atom stereocenters. The maximum atomic E-state index is 12.6. The SMILES string of the molecule is CN=C(NCC(=O)N1CCC(Cc2ccccc2)CC1)NC1CCC(SC)C1. The molecule has 0 aromatic heterocycles. The fraction of sp³-hybridized carbons (Fsp3) is 0.636. The molecule has 1 aliphatic heterocycles. The average molecular weight is 403 g/mol. The molecule has 6 heteroatoms. The van der Waals surface area contributed by atoms with Gasteiger partial charge in [-0.1, -0.05) is 30.3 Å². The van der Waals surface area contributed by atoms with Gasteiger partial charge in [0, 0.05) is 31.4 Å². The quantitative estimate of drug-likeness (QED) is 0.567. The molecule has 1 amide bonds. The first-order valence-corrected chi connectivity index (χ1v) is 11.8. The summed E-state index contributed by atoms with van der Waals surface area (Å²) in [6.07, 6.45) is 9.09. The predicted octanol–water partition coefficient (Wildman–Crippen LogP) is 2.92. The van der Waals surface area contributed by atoms with E-state index < -0.39 is 0 Å². The number of nitrogens with zero attached hydrogens (tertiary/aromatic N) is 2. The number of thioether (sulfide) groups is 1. The van der Waals surface area contributed by atoms with E-state index in [9.17, 15) is 4.79 Å². The Balaban J connectivity index is 1.37. The molecule has 2 N–H and O–H groups in total. The normalized spacial score (nSPS) is 23.6. The standard InChI is InChI=1S/C22H34N4OS/c1-23-22(25-19-8-9-20(15-19)28-2)24-16-21(27)26-12-10-18(11-13-26)14-17-6-4-3-5-7-17/h3-7,18-20H,8-16H2,1-2H3,(H2,23,24,25). The van der Waals surface area contributed by atoms with Crippen molar-refractivity contribution in [3.8, 4) is 0 Å². The third kappa shape index (κ3) is 6.16. The number of hydrogen-bond donors (Lipinski definition) is 2. The monoisotopic (exact) mass is 402 g/mol. The molecule has 5 nitrogen and oxygen atoms in total. The molecule has 1 aromatic carbocycles. The number of piperidine rings is 1. The fourth-order valence-electron chi connectivity index (χ4n) is 4.28. The molecule has 1 aromatic rings. The average Bonchev–Trinajstić information content (AvgIpc) is 3.20. The summed E-state index contributed by atoms with van der Waals surface area (Å²) in [6.45, 7) is 2.05. The van der Waals surface area contributed by atoms with E-state index in [4.69, 9.17) is 0 Å². The Labute approximate surface area is 173 Å². The summed E-state index contributed by atoms with van der Waals surface area (Å²) in [4.78, 5) is 18.9. The Kier molecular flexibility index (Phi) is 8.07. The van der Waals surface area contributed by atoms with Crippen LogP contribution in [-0.4, -0.2) is 61.0 Å². The molecule has 0 spiro atoms. The van der Waals surface area contributed by atoms with Crippen molar-refractivity contribution in [2.24, 2.45) is 10.9 Å². The maximum Gasteiger partial charge on any atom is 0.241 e. The number of carbonyl (C=O) groups excluding carboxylic acids is 1. The second kappa shape index (κ2) is 10.7.